The highest BCUT2D eigenvalue weighted by molar-refractivity contribution is 5.94. The molecule has 3 atom stereocenters. The second-order valence-electron chi connectivity index (χ2n) is 11.2. The van der Waals surface area contributed by atoms with Gasteiger partial charge in [-0.15, -0.1) is 6.58 Å². The van der Waals surface area contributed by atoms with Crippen molar-refractivity contribution in [3.05, 3.63) is 77.9 Å². The van der Waals surface area contributed by atoms with Crippen LogP contribution in [0.15, 0.2) is 61.2 Å². The van der Waals surface area contributed by atoms with Gasteiger partial charge in [0.2, 0.25) is 0 Å². The van der Waals surface area contributed by atoms with Gasteiger partial charge in [-0.3, -0.25) is 19.4 Å². The Morgan fingerprint density at radius 2 is 1.77 bits per heavy atom. The maximum Gasteiger partial charge on any atom is 0.303 e. The minimum absolute atomic E-state index is 0.0351. The summed E-state index contributed by atoms with van der Waals surface area (Å²) in [6.45, 7) is 14.8. The minimum atomic E-state index is -0.764. The Labute approximate surface area is 238 Å². The predicted octanol–water partition coefficient (Wildman–Crippen LogP) is 4.07. The maximum atomic E-state index is 13.4. The van der Waals surface area contributed by atoms with Gasteiger partial charge in [0.15, 0.2) is 0 Å². The molecular weight excluding hydrogens is 504 g/mol. The third kappa shape index (κ3) is 7.50. The average Bonchev–Trinajstić information content (AvgIpc) is 3.17. The Morgan fingerprint density at radius 3 is 2.48 bits per heavy atom. The summed E-state index contributed by atoms with van der Waals surface area (Å²) >= 11 is 0. The van der Waals surface area contributed by atoms with Crippen molar-refractivity contribution in [2.75, 3.05) is 52.4 Å². The summed E-state index contributed by atoms with van der Waals surface area (Å²) in [6, 6.07) is 16.1. The van der Waals surface area contributed by atoms with Crippen molar-refractivity contribution in [3.8, 4) is 5.75 Å². The summed E-state index contributed by atoms with van der Waals surface area (Å²) in [5.74, 6) is -0.480. The van der Waals surface area contributed by atoms with E-state index in [9.17, 15) is 14.7 Å². The van der Waals surface area contributed by atoms with Gasteiger partial charge in [0, 0.05) is 63.3 Å². The molecule has 2 aromatic rings. The molecule has 2 fully saturated rings. The smallest absolute Gasteiger partial charge is 0.303 e. The zero-order chi connectivity index (χ0) is 28.6. The van der Waals surface area contributed by atoms with Gasteiger partial charge in [0.25, 0.3) is 5.91 Å². The number of phenols is 1. The molecule has 216 valence electrons. The van der Waals surface area contributed by atoms with E-state index in [1.54, 1.807) is 6.07 Å². The molecule has 1 amide bonds. The zero-order valence-corrected chi connectivity index (χ0v) is 23.9. The average molecular weight is 549 g/mol. The van der Waals surface area contributed by atoms with Gasteiger partial charge in [-0.2, -0.15) is 0 Å². The van der Waals surface area contributed by atoms with Crippen molar-refractivity contribution >= 4 is 11.9 Å². The van der Waals surface area contributed by atoms with Crippen LogP contribution in [0.5, 0.6) is 5.75 Å². The fourth-order valence-electron chi connectivity index (χ4n) is 6.12. The molecule has 4 rings (SSSR count). The summed E-state index contributed by atoms with van der Waals surface area (Å²) < 4.78 is 0. The van der Waals surface area contributed by atoms with Crippen molar-refractivity contribution in [3.63, 3.8) is 0 Å². The number of amides is 1. The van der Waals surface area contributed by atoms with Gasteiger partial charge in [0.05, 0.1) is 6.04 Å². The molecule has 2 saturated heterocycles. The van der Waals surface area contributed by atoms with Crippen molar-refractivity contribution in [2.45, 2.75) is 51.2 Å². The number of carbonyl (C=O) groups is 2. The Morgan fingerprint density at radius 1 is 1.00 bits per heavy atom. The number of rotatable bonds is 10. The standard InChI is InChI=1S/C32H44N4O4/c1-4-15-35-22-25(3)36(23-24(35)2)31(28-8-5-9-29(37)21-28)26-11-13-27(14-12-26)32(40)34-18-7-17-33(19-20-34)16-6-10-30(38)39/h4-5,8-9,11-14,21,24-25,31,37H,1,6-7,10,15-20,22-23H2,2-3H3,(H,38,39)/t24-,25+,31?/m1/s1. The molecule has 2 heterocycles. The molecule has 2 aliphatic rings. The molecule has 0 bridgehead atoms. The third-order valence-corrected chi connectivity index (χ3v) is 8.26. The predicted molar refractivity (Wildman–Crippen MR) is 158 cm³/mol. The molecule has 0 saturated carbocycles. The molecule has 0 aromatic heterocycles. The lowest BCUT2D eigenvalue weighted by Gasteiger charge is -2.47. The highest BCUT2D eigenvalue weighted by atomic mass is 16.4. The molecular formula is C32H44N4O4. The molecule has 2 aliphatic heterocycles. The summed E-state index contributed by atoms with van der Waals surface area (Å²) in [5.41, 5.74) is 2.81. The van der Waals surface area contributed by atoms with E-state index in [4.69, 9.17) is 5.11 Å². The fraction of sp³-hybridized carbons (Fsp3) is 0.500. The number of piperazine rings is 1. The number of carboxylic acids is 1. The SMILES string of the molecule is C=CCN1C[C@H](C)N(C(c2ccc(C(=O)N3CCCN(CCCC(=O)O)CC3)cc2)c2cccc(O)c2)C[C@H]1C. The Bertz CT molecular complexity index is 1150. The van der Waals surface area contributed by atoms with E-state index in [-0.39, 0.29) is 24.1 Å². The van der Waals surface area contributed by atoms with Crippen LogP contribution in [0.2, 0.25) is 0 Å². The molecule has 0 radical (unpaired) electrons. The highest BCUT2D eigenvalue weighted by Crippen LogP contribution is 2.34. The van der Waals surface area contributed by atoms with E-state index in [1.807, 2.05) is 35.2 Å². The summed E-state index contributed by atoms with van der Waals surface area (Å²) in [5, 5.41) is 19.2. The molecule has 1 unspecified atom stereocenters. The van der Waals surface area contributed by atoms with Crippen molar-refractivity contribution in [2.24, 2.45) is 0 Å². The van der Waals surface area contributed by atoms with Crippen molar-refractivity contribution in [1.82, 2.24) is 19.6 Å². The number of benzene rings is 2. The van der Waals surface area contributed by atoms with E-state index in [1.165, 1.54) is 0 Å². The minimum Gasteiger partial charge on any atom is -0.508 e. The quantitative estimate of drug-likeness (QED) is 0.433. The van der Waals surface area contributed by atoms with Gasteiger partial charge in [0.1, 0.15) is 5.75 Å². The zero-order valence-electron chi connectivity index (χ0n) is 23.9. The number of carbonyl (C=O) groups excluding carboxylic acids is 1. The first-order chi connectivity index (χ1) is 19.3. The van der Waals surface area contributed by atoms with Gasteiger partial charge in [-0.1, -0.05) is 30.3 Å². The molecule has 2 N–H and O–H groups in total. The lowest BCUT2D eigenvalue weighted by molar-refractivity contribution is -0.137. The topological polar surface area (TPSA) is 87.6 Å². The summed E-state index contributed by atoms with van der Waals surface area (Å²) in [7, 11) is 0. The van der Waals surface area contributed by atoms with Crippen LogP contribution >= 0.6 is 0 Å². The van der Waals surface area contributed by atoms with Crippen LogP contribution in [0.3, 0.4) is 0 Å². The van der Waals surface area contributed by atoms with E-state index < -0.39 is 5.97 Å². The second-order valence-corrected chi connectivity index (χ2v) is 11.2. The van der Waals surface area contributed by atoms with Gasteiger partial charge >= 0.3 is 5.97 Å². The lowest BCUT2D eigenvalue weighted by atomic mass is 9.92. The van der Waals surface area contributed by atoms with Crippen LogP contribution < -0.4 is 0 Å². The molecule has 8 heteroatoms. The van der Waals surface area contributed by atoms with Crippen LogP contribution in [0.4, 0.5) is 0 Å². The first kappa shape index (κ1) is 29.8. The van der Waals surface area contributed by atoms with Gasteiger partial charge in [-0.05, 0) is 75.2 Å². The van der Waals surface area contributed by atoms with Crippen LogP contribution in [0.25, 0.3) is 0 Å². The number of carboxylic acid groups (broad SMARTS) is 1. The molecule has 2 aromatic carbocycles. The Hall–Kier alpha value is -3.20. The fourth-order valence-corrected chi connectivity index (χ4v) is 6.12. The largest absolute Gasteiger partial charge is 0.508 e. The molecule has 0 spiro atoms. The van der Waals surface area contributed by atoms with Crippen LogP contribution in [-0.2, 0) is 4.79 Å². The maximum absolute atomic E-state index is 13.4. The lowest BCUT2D eigenvalue weighted by Crippen LogP contribution is -2.57. The van der Waals surface area contributed by atoms with E-state index in [0.717, 1.165) is 56.8 Å². The second kappa shape index (κ2) is 13.9. The number of hydrogen-bond acceptors (Lipinski definition) is 6. The number of aromatic hydroxyl groups is 1. The van der Waals surface area contributed by atoms with Crippen molar-refractivity contribution < 1.29 is 19.8 Å². The highest BCUT2D eigenvalue weighted by Gasteiger charge is 2.34. The van der Waals surface area contributed by atoms with Crippen molar-refractivity contribution in [1.29, 1.82) is 0 Å². The summed E-state index contributed by atoms with van der Waals surface area (Å²) in [4.78, 5) is 33.4. The van der Waals surface area contributed by atoms with Crippen LogP contribution in [0.1, 0.15) is 60.6 Å². The Balaban J connectivity index is 1.49. The summed E-state index contributed by atoms with van der Waals surface area (Å²) in [6.07, 6.45) is 3.65. The van der Waals surface area contributed by atoms with Crippen LogP contribution in [0, 0.1) is 0 Å². The number of aliphatic carboxylic acids is 1. The number of nitrogens with zero attached hydrogens (tertiary/aromatic N) is 4. The number of phenolic OH excluding ortho intramolecular Hbond substituents is 1. The van der Waals surface area contributed by atoms with Crippen LogP contribution in [-0.4, -0.2) is 106 Å². The number of hydrogen-bond donors (Lipinski definition) is 2. The molecule has 40 heavy (non-hydrogen) atoms. The first-order valence-electron chi connectivity index (χ1n) is 14.5. The first-order valence-corrected chi connectivity index (χ1v) is 14.5. The van der Waals surface area contributed by atoms with E-state index in [0.29, 0.717) is 37.2 Å². The normalized spacial score (nSPS) is 22.0. The third-order valence-electron chi connectivity index (χ3n) is 8.26. The van der Waals surface area contributed by atoms with E-state index >= 15 is 0 Å². The Kier molecular flexibility index (Phi) is 10.4. The van der Waals surface area contributed by atoms with Gasteiger partial charge in [-0.25, -0.2) is 0 Å². The van der Waals surface area contributed by atoms with Gasteiger partial charge < -0.3 is 20.0 Å². The molecule has 0 aliphatic carbocycles. The van der Waals surface area contributed by atoms with E-state index in [2.05, 4.69) is 53.3 Å². The molecule has 8 nitrogen and oxygen atoms in total. The monoisotopic (exact) mass is 548 g/mol.